The summed E-state index contributed by atoms with van der Waals surface area (Å²) in [6.45, 7) is 2.59. The van der Waals surface area contributed by atoms with E-state index >= 15 is 0 Å². The summed E-state index contributed by atoms with van der Waals surface area (Å²) >= 11 is 0. The molecule has 1 heterocycles. The fraction of sp³-hybridized carbons (Fsp3) is 0.364. The van der Waals surface area contributed by atoms with E-state index in [0.29, 0.717) is 11.1 Å². The highest BCUT2D eigenvalue weighted by molar-refractivity contribution is 7.62. The molecule has 1 N–H and O–H groups in total. The number of ether oxygens (including phenoxy) is 4. The Balaban J connectivity index is 1.83. The third-order valence-corrected chi connectivity index (χ3v) is 5.27. The zero-order valence-corrected chi connectivity index (χ0v) is 18.1. The van der Waals surface area contributed by atoms with Gasteiger partial charge >= 0.3 is 11.9 Å². The van der Waals surface area contributed by atoms with E-state index in [-0.39, 0.29) is 6.35 Å². The van der Waals surface area contributed by atoms with Gasteiger partial charge in [-0.3, -0.25) is 0 Å². The second-order valence-electron chi connectivity index (χ2n) is 7.57. The Morgan fingerprint density at radius 2 is 1.39 bits per heavy atom. The van der Waals surface area contributed by atoms with Crippen LogP contribution in [0.15, 0.2) is 60.7 Å². The Morgan fingerprint density at radius 3 is 1.84 bits per heavy atom. The molecule has 1 saturated heterocycles. The third-order valence-electron chi connectivity index (χ3n) is 4.50. The fourth-order valence-electron chi connectivity index (χ4n) is 3.02. The molecule has 2 aromatic rings. The number of hydrogen-bond donors (Lipinski definition) is 1. The minimum atomic E-state index is -2.57. The van der Waals surface area contributed by atoms with Gasteiger partial charge in [-0.15, -0.1) is 0 Å². The average molecular weight is 448 g/mol. The van der Waals surface area contributed by atoms with E-state index in [0.717, 1.165) is 0 Å². The Labute approximate surface area is 180 Å². The summed E-state index contributed by atoms with van der Waals surface area (Å²) in [6, 6.07) is 16.6. The normalized spacial score (nSPS) is 23.3. The lowest BCUT2D eigenvalue weighted by Gasteiger charge is -2.24. The van der Waals surface area contributed by atoms with Gasteiger partial charge in [0.05, 0.1) is 17.7 Å². The van der Waals surface area contributed by atoms with Crippen LogP contribution in [0.1, 0.15) is 20.7 Å². The summed E-state index contributed by atoms with van der Waals surface area (Å²) in [5, 5.41) is 9.77. The fourth-order valence-corrected chi connectivity index (χ4v) is 3.53. The molecule has 4 atom stereocenters. The highest BCUT2D eigenvalue weighted by Crippen LogP contribution is 2.38. The number of carbonyl (C=O) groups is 2. The molecule has 1 unspecified atom stereocenters. The van der Waals surface area contributed by atoms with Crippen LogP contribution in [0.4, 0.5) is 0 Å². The monoisotopic (exact) mass is 448 g/mol. The first-order valence-electron chi connectivity index (χ1n) is 9.72. The maximum atomic E-state index is 12.7. The molecule has 0 bridgehead atoms. The van der Waals surface area contributed by atoms with Crippen molar-refractivity contribution in [2.24, 2.45) is 0 Å². The Hall–Kier alpha value is -2.51. The molecule has 0 saturated carbocycles. The molecule has 1 aliphatic rings. The molecular formula is C22H25O8P. The Bertz CT molecular complexity index is 927. The number of rotatable bonds is 8. The van der Waals surface area contributed by atoms with Gasteiger partial charge in [0.15, 0.2) is 18.5 Å². The second kappa shape index (κ2) is 10.2. The first kappa shape index (κ1) is 23.2. The van der Waals surface area contributed by atoms with Crippen LogP contribution in [-0.4, -0.2) is 67.9 Å². The van der Waals surface area contributed by atoms with E-state index in [1.165, 1.54) is 0 Å². The second-order valence-corrected chi connectivity index (χ2v) is 11.0. The van der Waals surface area contributed by atoms with E-state index in [1.807, 2.05) is 0 Å². The van der Waals surface area contributed by atoms with Crippen molar-refractivity contribution in [3.8, 4) is 0 Å². The van der Waals surface area contributed by atoms with Gasteiger partial charge in [0.2, 0.25) is 0 Å². The van der Waals surface area contributed by atoms with Gasteiger partial charge < -0.3 is 28.6 Å². The Kier molecular flexibility index (Phi) is 7.62. The summed E-state index contributed by atoms with van der Waals surface area (Å²) in [4.78, 5) is 25.3. The summed E-state index contributed by atoms with van der Waals surface area (Å²) in [5.41, 5.74) is 0.585. The van der Waals surface area contributed by atoms with E-state index in [2.05, 4.69) is 0 Å². The lowest BCUT2D eigenvalue weighted by atomic mass is 10.1. The third kappa shape index (κ3) is 6.24. The molecule has 0 spiro atoms. The SMILES string of the molecule is CP(C)(=O)CO[C@H]1O[C@@H](CO)[C@@H](OC(=O)c2ccccc2)C1OC(=O)c1ccccc1. The molecule has 0 aromatic heterocycles. The molecule has 0 radical (unpaired) electrons. The molecule has 9 heteroatoms. The van der Waals surface area contributed by atoms with E-state index in [9.17, 15) is 19.3 Å². The standard InChI is InChI=1S/C22H25O8P/c1-31(2,26)14-27-22-19(30-21(25)16-11-7-4-8-12-16)18(17(13-23)28-22)29-20(24)15-9-5-3-6-10-15/h3-12,17-19,22-23H,13-14H2,1-2H3/t17-,18+,19?,22-/m0/s1. The lowest BCUT2D eigenvalue weighted by molar-refractivity contribution is -0.160. The molecule has 31 heavy (non-hydrogen) atoms. The molecule has 0 aliphatic carbocycles. The van der Waals surface area contributed by atoms with Gasteiger partial charge in [-0.2, -0.15) is 0 Å². The molecule has 3 rings (SSSR count). The van der Waals surface area contributed by atoms with Crippen molar-refractivity contribution in [3.63, 3.8) is 0 Å². The molecule has 1 fully saturated rings. The van der Waals surface area contributed by atoms with Crippen molar-refractivity contribution in [3.05, 3.63) is 71.8 Å². The van der Waals surface area contributed by atoms with Crippen LogP contribution in [0, 0.1) is 0 Å². The van der Waals surface area contributed by atoms with Crippen LogP contribution in [0.3, 0.4) is 0 Å². The van der Waals surface area contributed by atoms with Crippen LogP contribution < -0.4 is 0 Å². The van der Waals surface area contributed by atoms with Crippen LogP contribution in [0.2, 0.25) is 0 Å². The number of carbonyl (C=O) groups excluding carboxylic acids is 2. The molecule has 1 aliphatic heterocycles. The minimum Gasteiger partial charge on any atom is -0.452 e. The number of esters is 2. The van der Waals surface area contributed by atoms with Gasteiger partial charge in [0.25, 0.3) is 0 Å². The van der Waals surface area contributed by atoms with Crippen LogP contribution in [0.5, 0.6) is 0 Å². The van der Waals surface area contributed by atoms with Crippen molar-refractivity contribution < 1.29 is 38.2 Å². The predicted octanol–water partition coefficient (Wildman–Crippen LogP) is 2.75. The van der Waals surface area contributed by atoms with E-state index < -0.39 is 50.3 Å². The van der Waals surface area contributed by atoms with Crippen molar-refractivity contribution in [1.82, 2.24) is 0 Å². The van der Waals surface area contributed by atoms with Crippen molar-refractivity contribution in [2.45, 2.75) is 24.6 Å². The van der Waals surface area contributed by atoms with Crippen LogP contribution in [0.25, 0.3) is 0 Å². The average Bonchev–Trinajstić information content (AvgIpc) is 3.09. The largest absolute Gasteiger partial charge is 0.452 e. The molecule has 166 valence electrons. The van der Waals surface area contributed by atoms with Gasteiger partial charge in [-0.25, -0.2) is 9.59 Å². The van der Waals surface area contributed by atoms with E-state index in [1.54, 1.807) is 74.0 Å². The van der Waals surface area contributed by atoms with Crippen LogP contribution >= 0.6 is 7.14 Å². The lowest BCUT2D eigenvalue weighted by Crippen LogP contribution is -2.42. The van der Waals surface area contributed by atoms with Crippen molar-refractivity contribution >= 4 is 19.1 Å². The number of aliphatic hydroxyl groups is 1. The van der Waals surface area contributed by atoms with Gasteiger partial charge in [0.1, 0.15) is 19.6 Å². The van der Waals surface area contributed by atoms with Crippen molar-refractivity contribution in [2.75, 3.05) is 26.3 Å². The predicted molar refractivity (Wildman–Crippen MR) is 112 cm³/mol. The molecule has 2 aromatic carbocycles. The number of aliphatic hydroxyl groups excluding tert-OH is 1. The number of benzene rings is 2. The number of hydrogen-bond acceptors (Lipinski definition) is 8. The van der Waals surface area contributed by atoms with Gasteiger partial charge in [0, 0.05) is 0 Å². The quantitative estimate of drug-likeness (QED) is 0.485. The zero-order chi connectivity index (χ0) is 22.4. The van der Waals surface area contributed by atoms with Crippen molar-refractivity contribution in [1.29, 1.82) is 0 Å². The van der Waals surface area contributed by atoms with Gasteiger partial charge in [-0.05, 0) is 37.6 Å². The summed E-state index contributed by atoms with van der Waals surface area (Å²) in [6.07, 6.45) is -4.56. The first-order chi connectivity index (χ1) is 14.8. The first-order valence-corrected chi connectivity index (χ1v) is 12.5. The summed E-state index contributed by atoms with van der Waals surface area (Å²) in [5.74, 6) is -1.33. The zero-order valence-electron chi connectivity index (χ0n) is 17.2. The molecule has 8 nitrogen and oxygen atoms in total. The Morgan fingerprint density at radius 1 is 0.903 bits per heavy atom. The summed E-state index contributed by atoms with van der Waals surface area (Å²) < 4.78 is 34.5. The highest BCUT2D eigenvalue weighted by atomic mass is 31.2. The molecular weight excluding hydrogens is 423 g/mol. The smallest absolute Gasteiger partial charge is 0.338 e. The highest BCUT2D eigenvalue weighted by Gasteiger charge is 2.50. The maximum absolute atomic E-state index is 12.7. The maximum Gasteiger partial charge on any atom is 0.338 e. The topological polar surface area (TPSA) is 108 Å². The summed E-state index contributed by atoms with van der Waals surface area (Å²) in [7, 11) is -2.57. The van der Waals surface area contributed by atoms with Crippen LogP contribution in [-0.2, 0) is 23.5 Å². The van der Waals surface area contributed by atoms with E-state index in [4.69, 9.17) is 18.9 Å². The molecule has 0 amide bonds. The van der Waals surface area contributed by atoms with Gasteiger partial charge in [-0.1, -0.05) is 36.4 Å². The minimum absolute atomic E-state index is 0.130.